The largest absolute Gasteiger partial charge is 0.493 e. The molecule has 128 valence electrons. The molecule has 1 aliphatic rings. The van der Waals surface area contributed by atoms with Crippen molar-refractivity contribution < 1.29 is 14.3 Å². The van der Waals surface area contributed by atoms with Crippen LogP contribution >= 0.6 is 0 Å². The maximum Gasteiger partial charge on any atom is 0.220 e. The van der Waals surface area contributed by atoms with Gasteiger partial charge in [-0.15, -0.1) is 0 Å². The number of carbonyl (C=O) groups excluding carboxylic acids is 1. The fourth-order valence-electron chi connectivity index (χ4n) is 3.12. The highest BCUT2D eigenvalue weighted by Gasteiger charge is 2.14. The second-order valence-corrected chi connectivity index (χ2v) is 6.17. The van der Waals surface area contributed by atoms with Gasteiger partial charge in [-0.25, -0.2) is 0 Å². The van der Waals surface area contributed by atoms with Gasteiger partial charge in [0.15, 0.2) is 11.5 Å². The van der Waals surface area contributed by atoms with Crippen molar-refractivity contribution in [1.29, 1.82) is 0 Å². The molecule has 1 aromatic carbocycles. The Balaban J connectivity index is 1.83. The van der Waals surface area contributed by atoms with E-state index in [1.165, 1.54) is 25.7 Å². The monoisotopic (exact) mass is 319 g/mol. The van der Waals surface area contributed by atoms with Gasteiger partial charge in [-0.3, -0.25) is 4.79 Å². The Morgan fingerprint density at radius 2 is 1.91 bits per heavy atom. The Labute approximate surface area is 139 Å². The number of methoxy groups -OCH3 is 1. The molecule has 0 atom stereocenters. The number of rotatable bonds is 7. The van der Waals surface area contributed by atoms with E-state index in [-0.39, 0.29) is 5.91 Å². The second-order valence-electron chi connectivity index (χ2n) is 6.17. The van der Waals surface area contributed by atoms with Crippen LogP contribution in [-0.4, -0.2) is 25.7 Å². The summed E-state index contributed by atoms with van der Waals surface area (Å²) in [6, 6.07) is 6.26. The average Bonchev–Trinajstić information content (AvgIpc) is 2.82. The van der Waals surface area contributed by atoms with Gasteiger partial charge in [0.25, 0.3) is 0 Å². The zero-order chi connectivity index (χ0) is 16.5. The maximum absolute atomic E-state index is 12.2. The maximum atomic E-state index is 12.2. The number of hydrogen-bond donors (Lipinski definition) is 1. The van der Waals surface area contributed by atoms with Crippen molar-refractivity contribution in [2.24, 2.45) is 0 Å². The number of amides is 1. The lowest BCUT2D eigenvalue weighted by molar-refractivity contribution is -0.121. The molecule has 23 heavy (non-hydrogen) atoms. The van der Waals surface area contributed by atoms with Gasteiger partial charge >= 0.3 is 0 Å². The summed E-state index contributed by atoms with van der Waals surface area (Å²) in [7, 11) is 1.64. The Morgan fingerprint density at radius 3 is 2.57 bits per heavy atom. The highest BCUT2D eigenvalue weighted by atomic mass is 16.5. The minimum Gasteiger partial charge on any atom is -0.493 e. The summed E-state index contributed by atoms with van der Waals surface area (Å²) in [5, 5.41) is 3.19. The van der Waals surface area contributed by atoms with Gasteiger partial charge in [-0.2, -0.15) is 0 Å². The normalized spacial score (nSPS) is 15.7. The van der Waals surface area contributed by atoms with Crippen LogP contribution in [-0.2, 0) is 11.2 Å². The zero-order valence-electron chi connectivity index (χ0n) is 14.4. The highest BCUT2D eigenvalue weighted by Crippen LogP contribution is 2.28. The van der Waals surface area contributed by atoms with Crippen molar-refractivity contribution in [3.8, 4) is 11.5 Å². The van der Waals surface area contributed by atoms with Gasteiger partial charge < -0.3 is 14.8 Å². The van der Waals surface area contributed by atoms with E-state index in [9.17, 15) is 4.79 Å². The van der Waals surface area contributed by atoms with Crippen LogP contribution in [0, 0.1) is 0 Å². The molecule has 0 radical (unpaired) electrons. The third-order valence-corrected chi connectivity index (χ3v) is 4.39. The van der Waals surface area contributed by atoms with E-state index in [1.54, 1.807) is 7.11 Å². The third kappa shape index (κ3) is 5.77. The predicted octanol–water partition coefficient (Wildman–Crippen LogP) is 3.87. The Kier molecular flexibility index (Phi) is 7.24. The number of ether oxygens (including phenoxy) is 2. The van der Waals surface area contributed by atoms with Crippen LogP contribution in [0.25, 0.3) is 0 Å². The van der Waals surface area contributed by atoms with Crippen molar-refractivity contribution >= 4 is 5.91 Å². The first kappa shape index (κ1) is 17.6. The third-order valence-electron chi connectivity index (χ3n) is 4.39. The highest BCUT2D eigenvalue weighted by molar-refractivity contribution is 5.76. The van der Waals surface area contributed by atoms with E-state index in [4.69, 9.17) is 9.47 Å². The molecule has 0 bridgehead atoms. The Hall–Kier alpha value is -1.71. The molecule has 4 heteroatoms. The standard InChI is InChI=1S/C19H29NO3/c1-3-23-17-12-10-15(14-18(17)22-2)11-13-19(21)20-16-8-6-4-5-7-9-16/h10,12,14,16H,3-9,11,13H2,1-2H3,(H,20,21). The molecule has 0 heterocycles. The fraction of sp³-hybridized carbons (Fsp3) is 0.632. The first-order valence-electron chi connectivity index (χ1n) is 8.82. The van der Waals surface area contributed by atoms with E-state index in [1.807, 2.05) is 25.1 Å². The lowest BCUT2D eigenvalue weighted by atomic mass is 10.1. The van der Waals surface area contributed by atoms with Crippen LogP contribution in [0.5, 0.6) is 11.5 Å². The molecule has 0 unspecified atom stereocenters. The summed E-state index contributed by atoms with van der Waals surface area (Å²) < 4.78 is 10.9. The van der Waals surface area contributed by atoms with Gasteiger partial charge in [0.05, 0.1) is 13.7 Å². The number of carbonyl (C=O) groups is 1. The van der Waals surface area contributed by atoms with Gasteiger partial charge in [0.1, 0.15) is 0 Å². The summed E-state index contributed by atoms with van der Waals surface area (Å²) in [5.41, 5.74) is 1.10. The molecule has 1 fully saturated rings. The summed E-state index contributed by atoms with van der Waals surface area (Å²) in [6.45, 7) is 2.56. The first-order chi connectivity index (χ1) is 11.2. The van der Waals surface area contributed by atoms with Crippen molar-refractivity contribution in [3.63, 3.8) is 0 Å². The fourth-order valence-corrected chi connectivity index (χ4v) is 3.12. The van der Waals surface area contributed by atoms with Crippen LogP contribution in [0.3, 0.4) is 0 Å². The molecule has 0 aromatic heterocycles. The van der Waals surface area contributed by atoms with E-state index in [0.717, 1.165) is 36.3 Å². The predicted molar refractivity (Wildman–Crippen MR) is 92.1 cm³/mol. The number of benzene rings is 1. The van der Waals surface area contributed by atoms with Crippen molar-refractivity contribution in [3.05, 3.63) is 23.8 Å². The number of aryl methyl sites for hydroxylation is 1. The van der Waals surface area contributed by atoms with Gasteiger partial charge in [0.2, 0.25) is 5.91 Å². The molecule has 1 amide bonds. The van der Waals surface area contributed by atoms with E-state index in [0.29, 0.717) is 19.1 Å². The first-order valence-corrected chi connectivity index (χ1v) is 8.82. The molecule has 2 rings (SSSR count). The lowest BCUT2D eigenvalue weighted by Gasteiger charge is -2.16. The average molecular weight is 319 g/mol. The van der Waals surface area contributed by atoms with Crippen LogP contribution in [0.1, 0.15) is 57.4 Å². The van der Waals surface area contributed by atoms with Crippen molar-refractivity contribution in [2.45, 2.75) is 64.3 Å². The van der Waals surface area contributed by atoms with Crippen molar-refractivity contribution in [1.82, 2.24) is 5.32 Å². The summed E-state index contributed by atoms with van der Waals surface area (Å²) >= 11 is 0. The van der Waals surface area contributed by atoms with Gasteiger partial charge in [-0.1, -0.05) is 31.7 Å². The minimum atomic E-state index is 0.157. The molecule has 0 aliphatic heterocycles. The second kappa shape index (κ2) is 9.43. The summed E-state index contributed by atoms with van der Waals surface area (Å²) in [5.74, 6) is 1.64. The molecule has 4 nitrogen and oxygen atoms in total. The Bertz CT molecular complexity index is 493. The quantitative estimate of drug-likeness (QED) is 0.776. The van der Waals surface area contributed by atoms with Gasteiger partial charge in [-0.05, 0) is 43.9 Å². The van der Waals surface area contributed by atoms with Gasteiger partial charge in [0, 0.05) is 12.5 Å². The van der Waals surface area contributed by atoms with Crippen LogP contribution in [0.4, 0.5) is 0 Å². The van der Waals surface area contributed by atoms with E-state index < -0.39 is 0 Å². The topological polar surface area (TPSA) is 47.6 Å². The molecule has 0 spiro atoms. The minimum absolute atomic E-state index is 0.157. The molecule has 1 N–H and O–H groups in total. The SMILES string of the molecule is CCOc1ccc(CCC(=O)NC2CCCCCC2)cc1OC. The number of hydrogen-bond acceptors (Lipinski definition) is 3. The summed E-state index contributed by atoms with van der Waals surface area (Å²) in [4.78, 5) is 12.2. The molecular formula is C19H29NO3. The zero-order valence-corrected chi connectivity index (χ0v) is 14.4. The van der Waals surface area contributed by atoms with E-state index in [2.05, 4.69) is 5.32 Å². The molecule has 1 saturated carbocycles. The smallest absolute Gasteiger partial charge is 0.220 e. The molecular weight excluding hydrogens is 290 g/mol. The number of nitrogens with one attached hydrogen (secondary N) is 1. The molecule has 0 saturated heterocycles. The lowest BCUT2D eigenvalue weighted by Crippen LogP contribution is -2.34. The van der Waals surface area contributed by atoms with Crippen LogP contribution < -0.4 is 14.8 Å². The van der Waals surface area contributed by atoms with Crippen LogP contribution in [0.2, 0.25) is 0 Å². The van der Waals surface area contributed by atoms with E-state index >= 15 is 0 Å². The summed E-state index contributed by atoms with van der Waals surface area (Å²) in [6.07, 6.45) is 8.58. The Morgan fingerprint density at radius 1 is 1.17 bits per heavy atom. The van der Waals surface area contributed by atoms with Crippen molar-refractivity contribution in [2.75, 3.05) is 13.7 Å². The van der Waals surface area contributed by atoms with Crippen LogP contribution in [0.15, 0.2) is 18.2 Å². The molecule has 1 aliphatic carbocycles. The molecule has 1 aromatic rings.